The fraction of sp³-hybridized carbons (Fsp3) is 0.318. The molecule has 2 heterocycles. The van der Waals surface area contributed by atoms with E-state index in [-0.39, 0.29) is 30.5 Å². The van der Waals surface area contributed by atoms with Crippen molar-refractivity contribution in [2.24, 2.45) is 0 Å². The van der Waals surface area contributed by atoms with Crippen molar-refractivity contribution in [2.75, 3.05) is 25.2 Å². The van der Waals surface area contributed by atoms with Crippen molar-refractivity contribution in [3.63, 3.8) is 0 Å². The summed E-state index contributed by atoms with van der Waals surface area (Å²) in [5, 5.41) is 3.99. The highest BCUT2D eigenvalue weighted by atomic mass is 19.4. The third kappa shape index (κ3) is 4.25. The van der Waals surface area contributed by atoms with Crippen LogP contribution in [0.3, 0.4) is 0 Å². The molecule has 1 saturated heterocycles. The van der Waals surface area contributed by atoms with Gasteiger partial charge < -0.3 is 18.9 Å². The molecule has 0 aliphatic carbocycles. The molecule has 7 nitrogen and oxygen atoms in total. The van der Waals surface area contributed by atoms with Crippen LogP contribution in [0.5, 0.6) is 11.5 Å². The molecule has 10 heteroatoms. The van der Waals surface area contributed by atoms with E-state index < -0.39 is 17.7 Å². The summed E-state index contributed by atoms with van der Waals surface area (Å²) in [6.45, 7) is 2.50. The Balaban J connectivity index is 1.54. The summed E-state index contributed by atoms with van der Waals surface area (Å²) in [4.78, 5) is 18.2. The Labute approximate surface area is 181 Å². The molecule has 1 amide bonds. The number of alkyl halides is 3. The number of aromatic nitrogens is 2. The Morgan fingerprint density at radius 1 is 1.19 bits per heavy atom. The highest BCUT2D eigenvalue weighted by molar-refractivity contribution is 5.96. The smallest absolute Gasteiger partial charge is 0.416 e. The minimum absolute atomic E-state index is 0.0600. The quantitative estimate of drug-likeness (QED) is 0.546. The fourth-order valence-corrected chi connectivity index (χ4v) is 3.57. The monoisotopic (exact) mass is 447 g/mol. The number of halogens is 3. The molecule has 0 radical (unpaired) electrons. The van der Waals surface area contributed by atoms with Crippen LogP contribution in [0, 0.1) is 0 Å². The zero-order valence-corrected chi connectivity index (χ0v) is 17.3. The number of rotatable bonds is 6. The van der Waals surface area contributed by atoms with Gasteiger partial charge in [-0.25, -0.2) is 0 Å². The van der Waals surface area contributed by atoms with Crippen molar-refractivity contribution in [3.8, 4) is 22.9 Å². The molecule has 0 bridgehead atoms. The van der Waals surface area contributed by atoms with E-state index in [1.807, 2.05) is 6.92 Å². The number of nitrogens with zero attached hydrogens (tertiary/aromatic N) is 3. The second-order valence-electron chi connectivity index (χ2n) is 7.21. The van der Waals surface area contributed by atoms with Crippen molar-refractivity contribution in [2.45, 2.75) is 25.4 Å². The Bertz CT molecular complexity index is 1130. The van der Waals surface area contributed by atoms with Gasteiger partial charge in [0.1, 0.15) is 0 Å². The van der Waals surface area contributed by atoms with E-state index in [4.69, 9.17) is 14.0 Å². The van der Waals surface area contributed by atoms with Gasteiger partial charge in [0.25, 0.3) is 0 Å². The lowest BCUT2D eigenvalue weighted by Gasteiger charge is -2.17. The first-order valence-corrected chi connectivity index (χ1v) is 9.92. The molecule has 2 aromatic carbocycles. The molecule has 168 valence electrons. The minimum atomic E-state index is -4.49. The van der Waals surface area contributed by atoms with Crippen LogP contribution in [0.15, 0.2) is 47.0 Å². The second-order valence-corrected chi connectivity index (χ2v) is 7.21. The molecule has 1 aliphatic rings. The summed E-state index contributed by atoms with van der Waals surface area (Å²) in [6.07, 6.45) is -4.43. The van der Waals surface area contributed by atoms with E-state index in [0.29, 0.717) is 29.5 Å². The Kier molecular flexibility index (Phi) is 5.77. The maximum atomic E-state index is 13.0. The maximum Gasteiger partial charge on any atom is 0.416 e. The standard InChI is InChI=1S/C22H20F3N3O4/c1-3-31-17-8-7-13(9-18(17)30-2)20-26-21(32-27-20)14-10-19(29)28(12-14)16-6-4-5-15(11-16)22(23,24)25/h4-9,11,14H,3,10,12H2,1-2H3. The lowest BCUT2D eigenvalue weighted by atomic mass is 10.1. The highest BCUT2D eigenvalue weighted by Crippen LogP contribution is 2.36. The lowest BCUT2D eigenvalue weighted by molar-refractivity contribution is -0.137. The van der Waals surface area contributed by atoms with Gasteiger partial charge in [0.2, 0.25) is 17.6 Å². The number of hydrogen-bond donors (Lipinski definition) is 0. The summed E-state index contributed by atoms with van der Waals surface area (Å²) in [7, 11) is 1.52. The lowest BCUT2D eigenvalue weighted by Crippen LogP contribution is -2.24. The molecule has 3 aromatic rings. The Morgan fingerprint density at radius 2 is 2.00 bits per heavy atom. The van der Waals surface area contributed by atoms with E-state index in [9.17, 15) is 18.0 Å². The third-order valence-corrected chi connectivity index (χ3v) is 5.12. The second kappa shape index (κ2) is 8.52. The highest BCUT2D eigenvalue weighted by Gasteiger charge is 2.37. The van der Waals surface area contributed by atoms with Crippen LogP contribution in [0.25, 0.3) is 11.4 Å². The number of hydrogen-bond acceptors (Lipinski definition) is 6. The van der Waals surface area contributed by atoms with Crippen molar-refractivity contribution in [1.82, 2.24) is 10.1 Å². The van der Waals surface area contributed by atoms with Crippen LogP contribution < -0.4 is 14.4 Å². The van der Waals surface area contributed by atoms with E-state index in [1.54, 1.807) is 18.2 Å². The topological polar surface area (TPSA) is 77.7 Å². The first-order valence-electron chi connectivity index (χ1n) is 9.92. The Hall–Kier alpha value is -3.56. The van der Waals surface area contributed by atoms with Gasteiger partial charge in [0, 0.05) is 24.2 Å². The first kappa shape index (κ1) is 21.7. The van der Waals surface area contributed by atoms with Gasteiger partial charge >= 0.3 is 6.18 Å². The van der Waals surface area contributed by atoms with Crippen LogP contribution in [-0.2, 0) is 11.0 Å². The first-order chi connectivity index (χ1) is 15.3. The number of carbonyl (C=O) groups excluding carboxylic acids is 1. The van der Waals surface area contributed by atoms with Crippen LogP contribution in [-0.4, -0.2) is 36.3 Å². The molecule has 0 N–H and O–H groups in total. The summed E-state index contributed by atoms with van der Waals surface area (Å²) >= 11 is 0. The van der Waals surface area contributed by atoms with Crippen LogP contribution in [0.1, 0.15) is 30.7 Å². The van der Waals surface area contributed by atoms with Gasteiger partial charge in [0.05, 0.1) is 25.2 Å². The molecular weight excluding hydrogens is 427 g/mol. The number of carbonyl (C=O) groups is 1. The van der Waals surface area contributed by atoms with E-state index in [0.717, 1.165) is 12.1 Å². The molecule has 32 heavy (non-hydrogen) atoms. The van der Waals surface area contributed by atoms with Crippen LogP contribution in [0.2, 0.25) is 0 Å². The SMILES string of the molecule is CCOc1ccc(-c2noc(C3CC(=O)N(c4cccc(C(F)(F)F)c4)C3)n2)cc1OC. The van der Waals surface area contributed by atoms with Crippen molar-refractivity contribution in [1.29, 1.82) is 0 Å². The molecule has 1 aromatic heterocycles. The normalized spacial score (nSPS) is 16.5. The van der Waals surface area contributed by atoms with Gasteiger partial charge in [-0.2, -0.15) is 18.2 Å². The molecule has 4 rings (SSSR count). The summed E-state index contributed by atoms with van der Waals surface area (Å²) in [5.74, 6) is 0.921. The molecule has 0 saturated carbocycles. The molecular formula is C22H20F3N3O4. The summed E-state index contributed by atoms with van der Waals surface area (Å²) < 4.78 is 55.3. The number of benzene rings is 2. The minimum Gasteiger partial charge on any atom is -0.493 e. The molecule has 1 atom stereocenters. The molecule has 1 aliphatic heterocycles. The molecule has 1 fully saturated rings. The summed E-state index contributed by atoms with van der Waals surface area (Å²) in [6, 6.07) is 9.90. The molecule has 1 unspecified atom stereocenters. The van der Waals surface area contributed by atoms with Gasteiger partial charge in [-0.3, -0.25) is 4.79 Å². The summed E-state index contributed by atoms with van der Waals surface area (Å²) in [5.41, 5.74) is 0.0125. The zero-order valence-electron chi connectivity index (χ0n) is 17.3. The van der Waals surface area contributed by atoms with Gasteiger partial charge in [-0.05, 0) is 43.3 Å². The van der Waals surface area contributed by atoms with Crippen molar-refractivity contribution < 1.29 is 32.0 Å². The largest absolute Gasteiger partial charge is 0.493 e. The molecule has 0 spiro atoms. The average molecular weight is 447 g/mol. The predicted octanol–water partition coefficient (Wildman–Crippen LogP) is 4.68. The van der Waals surface area contributed by atoms with Crippen LogP contribution >= 0.6 is 0 Å². The van der Waals surface area contributed by atoms with E-state index in [2.05, 4.69) is 10.1 Å². The fourth-order valence-electron chi connectivity index (χ4n) is 3.57. The number of anilines is 1. The van der Waals surface area contributed by atoms with Crippen molar-refractivity contribution >= 4 is 11.6 Å². The van der Waals surface area contributed by atoms with E-state index >= 15 is 0 Å². The predicted molar refractivity (Wildman–Crippen MR) is 109 cm³/mol. The average Bonchev–Trinajstić information content (AvgIpc) is 3.41. The van der Waals surface area contributed by atoms with Gasteiger partial charge in [-0.1, -0.05) is 11.2 Å². The number of ether oxygens (including phenoxy) is 2. The Morgan fingerprint density at radius 3 is 2.72 bits per heavy atom. The zero-order chi connectivity index (χ0) is 22.9. The third-order valence-electron chi connectivity index (χ3n) is 5.12. The van der Waals surface area contributed by atoms with E-state index in [1.165, 1.54) is 24.1 Å². The van der Waals surface area contributed by atoms with Gasteiger partial charge in [0.15, 0.2) is 11.5 Å². The van der Waals surface area contributed by atoms with Gasteiger partial charge in [-0.15, -0.1) is 0 Å². The number of amides is 1. The number of methoxy groups -OCH3 is 1. The maximum absolute atomic E-state index is 13.0. The van der Waals surface area contributed by atoms with Crippen LogP contribution in [0.4, 0.5) is 18.9 Å². The van der Waals surface area contributed by atoms with Crippen molar-refractivity contribution in [3.05, 3.63) is 53.9 Å².